The maximum atomic E-state index is 12.8. The summed E-state index contributed by atoms with van der Waals surface area (Å²) < 4.78 is 32.2. The van der Waals surface area contributed by atoms with Gasteiger partial charge >= 0.3 is 0 Å². The molecule has 124 valence electrons. The predicted molar refractivity (Wildman–Crippen MR) is 84.2 cm³/mol. The molecule has 0 radical (unpaired) electrons. The Morgan fingerprint density at radius 2 is 2.30 bits per heavy atom. The second-order valence-corrected chi connectivity index (χ2v) is 8.39. The third kappa shape index (κ3) is 2.90. The number of thiophene rings is 1. The first-order chi connectivity index (χ1) is 10.9. The Morgan fingerprint density at radius 3 is 2.96 bits per heavy atom. The Labute approximate surface area is 137 Å². The van der Waals surface area contributed by atoms with Crippen molar-refractivity contribution in [3.8, 4) is 10.6 Å². The molecule has 0 aromatic carbocycles. The highest BCUT2D eigenvalue weighted by Crippen LogP contribution is 2.34. The van der Waals surface area contributed by atoms with E-state index in [0.29, 0.717) is 17.1 Å². The number of hydrogen-bond acceptors (Lipinski definition) is 7. The first-order valence-corrected chi connectivity index (χ1v) is 9.17. The lowest BCUT2D eigenvalue weighted by molar-refractivity contribution is -0.123. The number of sulfonamides is 1. The number of hydrogen-bond donors (Lipinski definition) is 2. The molecule has 10 heteroatoms. The lowest BCUT2D eigenvalue weighted by atomic mass is 10.2. The number of aromatic nitrogens is 1. The molecule has 0 unspecified atom stereocenters. The molecular weight excluding hydrogens is 340 g/mol. The summed E-state index contributed by atoms with van der Waals surface area (Å²) in [7, 11) is -2.32. The molecule has 3 heterocycles. The number of oxazole rings is 1. The Kier molecular flexibility index (Phi) is 4.23. The third-order valence-electron chi connectivity index (χ3n) is 3.66. The van der Waals surface area contributed by atoms with Crippen LogP contribution >= 0.6 is 11.3 Å². The minimum absolute atomic E-state index is 0.121. The first-order valence-electron chi connectivity index (χ1n) is 6.91. The molecule has 1 aliphatic heterocycles. The van der Waals surface area contributed by atoms with Crippen LogP contribution in [0.3, 0.4) is 0 Å². The van der Waals surface area contributed by atoms with Gasteiger partial charge in [0.15, 0.2) is 12.2 Å². The van der Waals surface area contributed by atoms with E-state index < -0.39 is 16.1 Å². The number of nitrogens with one attached hydrogen (secondary N) is 1. The van der Waals surface area contributed by atoms with Gasteiger partial charge in [-0.1, -0.05) is 0 Å². The second kappa shape index (κ2) is 6.04. The molecule has 0 spiro atoms. The molecule has 3 rings (SSSR count). The van der Waals surface area contributed by atoms with Gasteiger partial charge in [0.2, 0.25) is 5.91 Å². The molecule has 3 N–H and O–H groups in total. The fourth-order valence-electron chi connectivity index (χ4n) is 2.55. The molecule has 0 saturated carbocycles. The van der Waals surface area contributed by atoms with Crippen LogP contribution in [-0.4, -0.2) is 49.3 Å². The lowest BCUT2D eigenvalue weighted by Crippen LogP contribution is -2.44. The third-order valence-corrected chi connectivity index (χ3v) is 7.10. The molecule has 1 saturated heterocycles. The van der Waals surface area contributed by atoms with Crippen LogP contribution in [0.1, 0.15) is 6.42 Å². The lowest BCUT2D eigenvalue weighted by Gasteiger charge is -2.21. The molecule has 8 nitrogen and oxygen atoms in total. The summed E-state index contributed by atoms with van der Waals surface area (Å²) in [6.45, 7) is 0.121. The summed E-state index contributed by atoms with van der Waals surface area (Å²) in [6.07, 6.45) is 3.10. The van der Waals surface area contributed by atoms with Crippen molar-refractivity contribution in [1.29, 1.82) is 0 Å². The summed E-state index contributed by atoms with van der Waals surface area (Å²) in [5.74, 6) is 0.144. The van der Waals surface area contributed by atoms with Gasteiger partial charge in [-0.25, -0.2) is 13.4 Å². The van der Waals surface area contributed by atoms with Crippen molar-refractivity contribution < 1.29 is 17.6 Å². The van der Waals surface area contributed by atoms with Crippen LogP contribution in [0, 0.1) is 0 Å². The van der Waals surface area contributed by atoms with Gasteiger partial charge in [0.25, 0.3) is 10.0 Å². The minimum Gasteiger partial charge on any atom is -0.443 e. The molecule has 2 atom stereocenters. The fraction of sp³-hybridized carbons (Fsp3) is 0.385. The first kappa shape index (κ1) is 16.1. The quantitative estimate of drug-likeness (QED) is 0.810. The SMILES string of the molecule is CNC(=O)[C@@H]1C[C@@H](N)CN1S(=O)(=O)c1ccc(-c2cnco2)s1. The Morgan fingerprint density at radius 1 is 1.52 bits per heavy atom. The van der Waals surface area contributed by atoms with E-state index in [1.807, 2.05) is 0 Å². The van der Waals surface area contributed by atoms with Crippen molar-refractivity contribution in [1.82, 2.24) is 14.6 Å². The number of carbonyl (C=O) groups is 1. The van der Waals surface area contributed by atoms with Gasteiger partial charge < -0.3 is 15.5 Å². The van der Waals surface area contributed by atoms with Crippen LogP contribution in [0.2, 0.25) is 0 Å². The average Bonchev–Trinajstić information content (AvgIpc) is 3.25. The Balaban J connectivity index is 1.93. The van der Waals surface area contributed by atoms with Gasteiger partial charge in [-0.3, -0.25) is 4.79 Å². The normalized spacial score (nSPS) is 22.3. The number of rotatable bonds is 4. The van der Waals surface area contributed by atoms with Crippen LogP contribution < -0.4 is 11.1 Å². The maximum absolute atomic E-state index is 12.8. The maximum Gasteiger partial charge on any atom is 0.253 e. The highest BCUT2D eigenvalue weighted by Gasteiger charge is 2.43. The van der Waals surface area contributed by atoms with Gasteiger partial charge in [-0.05, 0) is 18.6 Å². The molecule has 2 aromatic heterocycles. The van der Waals surface area contributed by atoms with Crippen molar-refractivity contribution in [2.24, 2.45) is 5.73 Å². The molecule has 1 fully saturated rings. The van der Waals surface area contributed by atoms with E-state index >= 15 is 0 Å². The van der Waals surface area contributed by atoms with Crippen molar-refractivity contribution in [3.63, 3.8) is 0 Å². The average molecular weight is 356 g/mol. The second-order valence-electron chi connectivity index (χ2n) is 5.18. The highest BCUT2D eigenvalue weighted by molar-refractivity contribution is 7.91. The highest BCUT2D eigenvalue weighted by atomic mass is 32.2. The summed E-state index contributed by atoms with van der Waals surface area (Å²) in [4.78, 5) is 16.4. The predicted octanol–water partition coefficient (Wildman–Crippen LogP) is 0.239. The Bertz CT molecular complexity index is 800. The summed E-state index contributed by atoms with van der Waals surface area (Å²) in [5, 5.41) is 2.49. The number of likely N-dealkylation sites (N-methyl/N-ethyl adjacent to an activating group) is 1. The summed E-state index contributed by atoms with van der Waals surface area (Å²) in [6, 6.07) is 2.02. The van der Waals surface area contributed by atoms with Crippen molar-refractivity contribution in [2.75, 3.05) is 13.6 Å². The fourth-order valence-corrected chi connectivity index (χ4v) is 5.60. The van der Waals surface area contributed by atoms with Gasteiger partial charge in [0.1, 0.15) is 10.3 Å². The van der Waals surface area contributed by atoms with E-state index in [1.54, 1.807) is 6.07 Å². The summed E-state index contributed by atoms with van der Waals surface area (Å²) in [5.41, 5.74) is 5.86. The van der Waals surface area contributed by atoms with Gasteiger partial charge in [-0.15, -0.1) is 11.3 Å². The largest absolute Gasteiger partial charge is 0.443 e. The van der Waals surface area contributed by atoms with E-state index in [4.69, 9.17) is 10.2 Å². The molecule has 0 bridgehead atoms. The Hall–Kier alpha value is -1.75. The smallest absolute Gasteiger partial charge is 0.253 e. The standard InChI is InChI=1S/C13H16N4O4S2/c1-15-13(18)9-4-8(14)6-17(9)23(19,20)12-3-2-11(22-12)10-5-16-7-21-10/h2-3,5,7-9H,4,6,14H2,1H3,(H,15,18)/t8-,9+/m1/s1. The van der Waals surface area contributed by atoms with E-state index in [0.717, 1.165) is 11.3 Å². The van der Waals surface area contributed by atoms with E-state index in [9.17, 15) is 13.2 Å². The van der Waals surface area contributed by atoms with Crippen LogP contribution in [0.15, 0.2) is 33.3 Å². The number of nitrogens with zero attached hydrogens (tertiary/aromatic N) is 2. The number of nitrogens with two attached hydrogens (primary N) is 1. The van der Waals surface area contributed by atoms with Crippen LogP contribution in [0.25, 0.3) is 10.6 Å². The van der Waals surface area contributed by atoms with Crippen molar-refractivity contribution in [3.05, 3.63) is 24.7 Å². The zero-order valence-electron chi connectivity index (χ0n) is 12.3. The van der Waals surface area contributed by atoms with Gasteiger partial charge in [0.05, 0.1) is 11.1 Å². The molecule has 2 aromatic rings. The molecule has 0 aliphatic carbocycles. The van der Waals surface area contributed by atoms with Crippen molar-refractivity contribution in [2.45, 2.75) is 22.7 Å². The van der Waals surface area contributed by atoms with Crippen LogP contribution in [0.4, 0.5) is 0 Å². The monoisotopic (exact) mass is 356 g/mol. The molecule has 23 heavy (non-hydrogen) atoms. The zero-order valence-corrected chi connectivity index (χ0v) is 13.9. The number of amides is 1. The van der Waals surface area contributed by atoms with Crippen LogP contribution in [-0.2, 0) is 14.8 Å². The van der Waals surface area contributed by atoms with Gasteiger partial charge in [0, 0.05) is 19.6 Å². The van der Waals surface area contributed by atoms with Crippen molar-refractivity contribution >= 4 is 27.3 Å². The van der Waals surface area contributed by atoms with Crippen LogP contribution in [0.5, 0.6) is 0 Å². The molecule has 1 aliphatic rings. The molecule has 1 amide bonds. The van der Waals surface area contributed by atoms with E-state index in [-0.39, 0.29) is 22.7 Å². The topological polar surface area (TPSA) is 119 Å². The van der Waals surface area contributed by atoms with E-state index in [1.165, 1.54) is 30.0 Å². The molecular formula is C13H16N4O4S2. The zero-order chi connectivity index (χ0) is 16.6. The summed E-state index contributed by atoms with van der Waals surface area (Å²) >= 11 is 1.07. The minimum atomic E-state index is -3.80. The number of carbonyl (C=O) groups excluding carboxylic acids is 1. The van der Waals surface area contributed by atoms with E-state index in [2.05, 4.69) is 10.3 Å². The van der Waals surface area contributed by atoms with Gasteiger partial charge in [-0.2, -0.15) is 4.31 Å².